The number of carbonyl (C=O) groups is 2. The van der Waals surface area contributed by atoms with Crippen molar-refractivity contribution in [2.45, 2.75) is 38.0 Å². The number of carbonyl (C=O) groups excluding carboxylic acids is 2. The summed E-state index contributed by atoms with van der Waals surface area (Å²) in [5.74, 6) is 0.238. The Hall–Kier alpha value is -4.92. The second-order valence-electron chi connectivity index (χ2n) is 12.5. The van der Waals surface area contributed by atoms with Gasteiger partial charge in [-0.05, 0) is 65.1 Å². The van der Waals surface area contributed by atoms with Gasteiger partial charge in [-0.2, -0.15) is 11.3 Å². The molecule has 14 heteroatoms. The van der Waals surface area contributed by atoms with Crippen molar-refractivity contribution < 1.29 is 29.3 Å². The number of para-hydroxylation sites is 1. The molecule has 52 heavy (non-hydrogen) atoms. The lowest BCUT2D eigenvalue weighted by atomic mass is 10.0. The highest BCUT2D eigenvalue weighted by Crippen LogP contribution is 2.33. The number of aliphatic hydroxyl groups is 1. The van der Waals surface area contributed by atoms with Gasteiger partial charge in [0.2, 0.25) is 11.5 Å². The van der Waals surface area contributed by atoms with Crippen LogP contribution in [-0.4, -0.2) is 71.5 Å². The first-order valence-corrected chi connectivity index (χ1v) is 18.2. The Kier molecular flexibility index (Phi) is 12.1. The van der Waals surface area contributed by atoms with Crippen molar-refractivity contribution in [3.05, 3.63) is 104 Å². The van der Waals surface area contributed by atoms with Crippen molar-refractivity contribution in [3.63, 3.8) is 0 Å². The van der Waals surface area contributed by atoms with Crippen LogP contribution >= 0.6 is 22.9 Å². The van der Waals surface area contributed by atoms with Gasteiger partial charge < -0.3 is 40.2 Å². The number of aromatic nitrogens is 1. The number of aliphatic hydroxyl groups excluding tert-OH is 1. The van der Waals surface area contributed by atoms with E-state index in [2.05, 4.69) is 25.8 Å². The molecule has 6 N–H and O–H groups in total. The number of hydrogen-bond donors (Lipinski definition) is 6. The molecule has 0 bridgehead atoms. The highest BCUT2D eigenvalue weighted by molar-refractivity contribution is 7.08. The lowest BCUT2D eigenvalue weighted by molar-refractivity contribution is -0.116. The Morgan fingerprint density at radius 1 is 1.06 bits per heavy atom. The van der Waals surface area contributed by atoms with E-state index in [1.807, 2.05) is 41.1 Å². The molecule has 0 aliphatic carbocycles. The summed E-state index contributed by atoms with van der Waals surface area (Å²) in [5.41, 5.74) is 4.30. The molecule has 1 saturated heterocycles. The standard InChI is InChI=1S/C38H40ClN5O7S/c1-50-34-19-31(29(39)18-24(34)20-40-21-33(46)27-6-8-32(45)37-28(27)7-9-35(47)43-37)41-36(48)12-16-44-14-10-25(11-15-44)51-38(49)42-30-5-3-2-4-26(30)23-13-17-52-22-23/h2-9,13,17-19,22,25,33,40,45-46H,10-12,14-16,20-21H2,1H3,(H,41,48)(H,42,49)(H,43,47)/t33-/m0/s1. The van der Waals surface area contributed by atoms with E-state index in [1.54, 1.807) is 35.6 Å². The van der Waals surface area contributed by atoms with Gasteiger partial charge in [0.25, 0.3) is 0 Å². The van der Waals surface area contributed by atoms with E-state index in [0.29, 0.717) is 72.1 Å². The highest BCUT2D eigenvalue weighted by Gasteiger charge is 2.24. The topological polar surface area (TPSA) is 165 Å². The molecule has 0 saturated carbocycles. The number of piperidine rings is 1. The van der Waals surface area contributed by atoms with Gasteiger partial charge in [-0.3, -0.25) is 14.9 Å². The molecule has 2 aromatic heterocycles. The summed E-state index contributed by atoms with van der Waals surface area (Å²) in [4.78, 5) is 42.1. The zero-order valence-corrected chi connectivity index (χ0v) is 30.1. The number of benzene rings is 3. The molecule has 6 rings (SSSR count). The lowest BCUT2D eigenvalue weighted by Crippen LogP contribution is -2.39. The zero-order valence-electron chi connectivity index (χ0n) is 28.5. The number of nitrogens with zero attached hydrogens (tertiary/aromatic N) is 1. The zero-order chi connectivity index (χ0) is 36.6. The number of amides is 2. The number of rotatable bonds is 13. The van der Waals surface area contributed by atoms with Crippen LogP contribution in [0.1, 0.15) is 36.5 Å². The average molecular weight is 746 g/mol. The number of aromatic amines is 1. The lowest BCUT2D eigenvalue weighted by Gasteiger charge is -2.31. The van der Waals surface area contributed by atoms with Crippen molar-refractivity contribution >= 4 is 57.2 Å². The fourth-order valence-corrected chi connectivity index (χ4v) is 7.19. The van der Waals surface area contributed by atoms with Crippen molar-refractivity contribution in [2.75, 3.05) is 43.9 Å². The van der Waals surface area contributed by atoms with Crippen LogP contribution in [0.2, 0.25) is 5.02 Å². The molecule has 272 valence electrons. The van der Waals surface area contributed by atoms with Crippen LogP contribution in [0.4, 0.5) is 16.2 Å². The number of nitrogens with one attached hydrogen (secondary N) is 4. The molecule has 5 aromatic rings. The second-order valence-corrected chi connectivity index (χ2v) is 13.7. The number of H-pyrrole nitrogens is 1. The molecule has 1 fully saturated rings. The van der Waals surface area contributed by atoms with Crippen LogP contribution < -0.4 is 26.2 Å². The number of thiophene rings is 1. The minimum Gasteiger partial charge on any atom is -0.506 e. The van der Waals surface area contributed by atoms with Crippen LogP contribution in [0.5, 0.6) is 11.5 Å². The number of pyridine rings is 1. The maximum Gasteiger partial charge on any atom is 0.411 e. The molecule has 0 spiro atoms. The van der Waals surface area contributed by atoms with Crippen LogP contribution in [0.15, 0.2) is 82.3 Å². The van der Waals surface area contributed by atoms with Crippen LogP contribution in [0, 0.1) is 0 Å². The van der Waals surface area contributed by atoms with E-state index in [9.17, 15) is 24.6 Å². The smallest absolute Gasteiger partial charge is 0.411 e. The van der Waals surface area contributed by atoms with E-state index >= 15 is 0 Å². The molecule has 2 amide bonds. The number of phenols is 1. The molecule has 0 radical (unpaired) electrons. The monoisotopic (exact) mass is 745 g/mol. The third-order valence-electron chi connectivity index (χ3n) is 9.02. The number of hydrogen-bond acceptors (Lipinski definition) is 10. The predicted molar refractivity (Wildman–Crippen MR) is 203 cm³/mol. The largest absolute Gasteiger partial charge is 0.506 e. The van der Waals surface area contributed by atoms with Gasteiger partial charge in [0.1, 0.15) is 17.6 Å². The summed E-state index contributed by atoms with van der Waals surface area (Å²) >= 11 is 8.17. The normalized spacial score (nSPS) is 14.2. The van der Waals surface area contributed by atoms with Crippen LogP contribution in [0.3, 0.4) is 0 Å². The number of fused-ring (bicyclic) bond motifs is 1. The number of anilines is 2. The van der Waals surface area contributed by atoms with Gasteiger partial charge in [-0.25, -0.2) is 4.79 Å². The van der Waals surface area contributed by atoms with Gasteiger partial charge in [0, 0.05) is 67.8 Å². The summed E-state index contributed by atoms with van der Waals surface area (Å²) in [6.45, 7) is 2.42. The number of phenolic OH excluding ortho intramolecular Hbond substituents is 1. The third kappa shape index (κ3) is 9.11. The van der Waals surface area contributed by atoms with Crippen molar-refractivity contribution in [1.29, 1.82) is 0 Å². The summed E-state index contributed by atoms with van der Waals surface area (Å²) in [5, 5.41) is 34.9. The van der Waals surface area contributed by atoms with E-state index in [4.69, 9.17) is 21.1 Å². The Labute approximate surface area is 309 Å². The Morgan fingerprint density at radius 2 is 1.87 bits per heavy atom. The number of likely N-dealkylation sites (tertiary alicyclic amines) is 1. The minimum absolute atomic E-state index is 0.0794. The number of aromatic hydroxyl groups is 1. The maximum atomic E-state index is 12.9. The first kappa shape index (κ1) is 36.9. The quantitative estimate of drug-likeness (QED) is 0.0791. The number of methoxy groups -OCH3 is 1. The fourth-order valence-electron chi connectivity index (χ4n) is 6.30. The number of halogens is 1. The predicted octanol–water partition coefficient (Wildman–Crippen LogP) is 6.49. The molecule has 12 nitrogen and oxygen atoms in total. The van der Waals surface area contributed by atoms with Gasteiger partial charge >= 0.3 is 6.09 Å². The molecule has 3 heterocycles. The molecule has 3 aromatic carbocycles. The van der Waals surface area contributed by atoms with Gasteiger partial charge in [0.15, 0.2) is 0 Å². The first-order chi connectivity index (χ1) is 25.2. The van der Waals surface area contributed by atoms with Gasteiger partial charge in [-0.15, -0.1) is 0 Å². The average Bonchev–Trinajstić information content (AvgIpc) is 3.68. The van der Waals surface area contributed by atoms with E-state index in [0.717, 1.165) is 16.7 Å². The van der Waals surface area contributed by atoms with Crippen LogP contribution in [-0.2, 0) is 16.1 Å². The third-order valence-corrected chi connectivity index (χ3v) is 10.0. The van der Waals surface area contributed by atoms with Crippen LogP contribution in [0.25, 0.3) is 22.0 Å². The molecule has 0 unspecified atom stereocenters. The molecular weight excluding hydrogens is 706 g/mol. The van der Waals surface area contributed by atoms with E-state index < -0.39 is 12.2 Å². The van der Waals surface area contributed by atoms with Crippen molar-refractivity contribution in [1.82, 2.24) is 15.2 Å². The summed E-state index contributed by atoms with van der Waals surface area (Å²) in [6.07, 6.45) is -0.0242. The summed E-state index contributed by atoms with van der Waals surface area (Å²) < 4.78 is 11.3. The molecule has 1 atom stereocenters. The summed E-state index contributed by atoms with van der Waals surface area (Å²) in [7, 11) is 1.53. The maximum absolute atomic E-state index is 12.9. The SMILES string of the molecule is COc1cc(NC(=O)CCN2CCC(OC(=O)Nc3ccccc3-c3ccsc3)CC2)c(Cl)cc1CNC[C@H](O)c1ccc(O)c2[nH]c(=O)ccc12. The summed E-state index contributed by atoms with van der Waals surface area (Å²) in [6, 6.07) is 19.0. The molecule has 1 aliphatic rings. The van der Waals surface area contributed by atoms with E-state index in [1.165, 1.54) is 19.2 Å². The highest BCUT2D eigenvalue weighted by atomic mass is 35.5. The minimum atomic E-state index is -0.934. The Balaban J connectivity index is 0.943. The Morgan fingerprint density at radius 3 is 2.63 bits per heavy atom. The first-order valence-electron chi connectivity index (χ1n) is 16.9. The molecule has 1 aliphatic heterocycles. The second kappa shape index (κ2) is 17.1. The van der Waals surface area contributed by atoms with Crippen molar-refractivity contribution in [3.8, 4) is 22.6 Å². The Bertz CT molecular complexity index is 2080. The molecular formula is C38H40ClN5O7S. The van der Waals surface area contributed by atoms with Gasteiger partial charge in [0.05, 0.1) is 35.1 Å². The van der Waals surface area contributed by atoms with Crippen molar-refractivity contribution in [2.24, 2.45) is 0 Å². The van der Waals surface area contributed by atoms with E-state index in [-0.39, 0.29) is 41.8 Å². The fraction of sp³-hybridized carbons (Fsp3) is 0.289. The number of ether oxygens (including phenoxy) is 2. The van der Waals surface area contributed by atoms with Gasteiger partial charge in [-0.1, -0.05) is 35.9 Å².